The predicted molar refractivity (Wildman–Crippen MR) is 258 cm³/mol. The molecule has 0 aromatic carbocycles. The zero-order valence-corrected chi connectivity index (χ0v) is 43.9. The molecule has 30 N–H and O–H groups in total. The first-order chi connectivity index (χ1) is 36.6. The quantitative estimate of drug-likeness (QED) is 0.0375. The van der Waals surface area contributed by atoms with Gasteiger partial charge in [0.05, 0.1) is 88.1 Å². The molecule has 0 aliphatic carbocycles. The van der Waals surface area contributed by atoms with Crippen LogP contribution >= 0.6 is 21.6 Å². The lowest BCUT2D eigenvalue weighted by Crippen LogP contribution is -2.79. The van der Waals surface area contributed by atoms with Crippen molar-refractivity contribution in [2.45, 2.75) is 219 Å². The smallest absolute Gasteiger partial charge is 0.181 e. The van der Waals surface area contributed by atoms with Crippen molar-refractivity contribution in [3.05, 3.63) is 0 Å². The number of aliphatic hydroxyl groups excluding tert-OH is 16. The number of ether oxygens (including phenoxy) is 10. The van der Waals surface area contributed by atoms with Crippen molar-refractivity contribution in [1.82, 2.24) is 0 Å². The largest absolute Gasteiger partial charge is 0.394 e. The van der Waals surface area contributed by atoms with Crippen molar-refractivity contribution in [1.29, 1.82) is 0 Å². The van der Waals surface area contributed by atoms with Crippen molar-refractivity contribution in [2.24, 2.45) is 34.4 Å². The molecule has 6 aliphatic rings. The fraction of sp³-hybridized carbons (Fsp3) is 1.00. The maximum atomic E-state index is 12.7. The zero-order valence-electron chi connectivity index (χ0n) is 42.2. The number of hydrogen-bond donors (Lipinski definition) is 24. The van der Waals surface area contributed by atoms with E-state index in [0.29, 0.717) is 0 Å². The van der Waals surface area contributed by atoms with Crippen LogP contribution in [0.3, 0.4) is 0 Å². The highest BCUT2D eigenvalue weighted by Gasteiger charge is 2.72. The third kappa shape index (κ3) is 11.7. The summed E-state index contributed by atoms with van der Waals surface area (Å²) in [6.07, 6.45) is -40.3. The zero-order chi connectivity index (χ0) is 58.3. The van der Waals surface area contributed by atoms with Gasteiger partial charge in [-0.25, -0.2) is 0 Å². The lowest BCUT2D eigenvalue weighted by atomic mass is 9.80. The van der Waals surface area contributed by atoms with E-state index in [2.05, 4.69) is 0 Å². The third-order valence-corrected chi connectivity index (χ3v) is 19.0. The molecule has 7 unspecified atom stereocenters. The first kappa shape index (κ1) is 66.5. The van der Waals surface area contributed by atoms with Crippen LogP contribution in [-0.2, 0) is 47.4 Å². The Hall–Kier alpha value is -0.660. The van der Waals surface area contributed by atoms with Gasteiger partial charge in [0.1, 0.15) is 85.5 Å². The molecule has 0 radical (unpaired) electrons. The standard InChI is InChI=1S/C42H80N6O28S2/c1-3-15(55)39(9-53)41(65,31(61)21(47)37(75-39)73-29-13(7-51)69-35(19(45)25(29)59)71-27-11(5-49)67-33(63)17(43)23(27)57)77-78-42(66)32(62)22(48)38(76-40(42,10-54)16(56)4-2)74-30-14(8-52)70-36(20(46)26(30)60)72-28-12(6-50)68-34(64)18(44)24(28)58/h11-38,49-66H,3-10,43-48H2,1-2H3/t11-,12-,13-,14-,15?,16?,17-,18-,19-,20-,21-,22+,23-,24-,25-,26-,27?,28?,29?,30?,31-,32?,33-,34-,35+,36+,37+,38+,39-,40-,41+,42-/m1/s1. The first-order valence-corrected chi connectivity index (χ1v) is 27.2. The molecular formula is C42H80N6O28S2. The average Bonchev–Trinajstić information content (AvgIpc) is 3.47. The minimum Gasteiger partial charge on any atom is -0.394 e. The molecule has 458 valence electrons. The Balaban J connectivity index is 1.23. The van der Waals surface area contributed by atoms with Crippen LogP contribution in [0.4, 0.5) is 0 Å². The maximum absolute atomic E-state index is 12.7. The van der Waals surface area contributed by atoms with E-state index in [9.17, 15) is 91.9 Å². The highest BCUT2D eigenvalue weighted by atomic mass is 33.1. The van der Waals surface area contributed by atoms with Crippen molar-refractivity contribution in [3.8, 4) is 0 Å². The van der Waals surface area contributed by atoms with Gasteiger partial charge in [0.15, 0.2) is 58.8 Å². The van der Waals surface area contributed by atoms with Crippen LogP contribution in [0.2, 0.25) is 0 Å². The first-order valence-electron chi connectivity index (χ1n) is 25.0. The second kappa shape index (κ2) is 26.7. The molecule has 36 heteroatoms. The van der Waals surface area contributed by atoms with Gasteiger partial charge in [0.2, 0.25) is 0 Å². The van der Waals surface area contributed by atoms with Crippen molar-refractivity contribution < 1.29 is 139 Å². The van der Waals surface area contributed by atoms with Gasteiger partial charge in [-0.2, -0.15) is 0 Å². The molecule has 6 rings (SSSR count). The SMILES string of the molecule is CCC(O)[C@@]1(CO)O[C@H](OC2[C@@H](CO)O[C@@H](OC3[C@@H](CO)O[C@@H](O)[C@H](N)[C@H]3O)[C@H](N)[C@H]2O)[C@H](N)[C@@H](O)[C@]1(O)SS[C@]1(O)C(O)[C@H](N)[C@@H](OC2[C@@H](CO)O[C@@H](OC3[C@@H](CO)O[C@@H](O)[C@H](N)[C@H]3O)[C@H](N)[C@H]2O)O[C@]1(CO)C(O)CC. The van der Waals surface area contributed by atoms with Gasteiger partial charge < -0.3 is 174 Å². The summed E-state index contributed by atoms with van der Waals surface area (Å²) in [6, 6.07) is -10.1. The summed E-state index contributed by atoms with van der Waals surface area (Å²) in [7, 11) is -0.00683. The Kier molecular flexibility index (Phi) is 22.8. The maximum Gasteiger partial charge on any atom is 0.181 e. The Morgan fingerprint density at radius 1 is 0.423 bits per heavy atom. The predicted octanol–water partition coefficient (Wildman–Crippen LogP) is -14.0. The molecule has 0 aromatic rings. The molecule has 0 aromatic heterocycles. The van der Waals surface area contributed by atoms with E-state index >= 15 is 0 Å². The van der Waals surface area contributed by atoms with E-state index in [4.69, 9.17) is 81.8 Å². The summed E-state index contributed by atoms with van der Waals surface area (Å²) in [5, 5.41) is 200. The van der Waals surface area contributed by atoms with Gasteiger partial charge in [0, 0.05) is 0 Å². The highest BCUT2D eigenvalue weighted by Crippen LogP contribution is 2.59. The molecule has 0 spiro atoms. The van der Waals surface area contributed by atoms with Crippen LogP contribution in [0.5, 0.6) is 0 Å². The Bertz CT molecular complexity index is 1770. The second-order valence-electron chi connectivity index (χ2n) is 20.1. The average molecular weight is 1180 g/mol. The molecule has 0 saturated carbocycles. The summed E-state index contributed by atoms with van der Waals surface area (Å²) < 4.78 is 57.7. The van der Waals surface area contributed by atoms with Crippen LogP contribution in [0, 0.1) is 0 Å². The van der Waals surface area contributed by atoms with Crippen molar-refractivity contribution >= 4 is 21.6 Å². The monoisotopic (exact) mass is 1180 g/mol. The number of aliphatic hydroxyl groups is 18. The van der Waals surface area contributed by atoms with E-state index in [1.165, 1.54) is 13.8 Å². The summed E-state index contributed by atoms with van der Waals surface area (Å²) in [4.78, 5) is -6.29. The number of hydrogen-bond acceptors (Lipinski definition) is 36. The van der Waals surface area contributed by atoms with Crippen LogP contribution in [0.15, 0.2) is 0 Å². The van der Waals surface area contributed by atoms with Gasteiger partial charge in [-0.1, -0.05) is 13.8 Å². The lowest BCUT2D eigenvalue weighted by Gasteiger charge is -2.59. The summed E-state index contributed by atoms with van der Waals surface area (Å²) >= 11 is 0. The Morgan fingerprint density at radius 2 is 0.692 bits per heavy atom. The van der Waals surface area contributed by atoms with Gasteiger partial charge in [-0.3, -0.25) is 0 Å². The second-order valence-corrected chi connectivity index (χ2v) is 22.7. The van der Waals surface area contributed by atoms with Crippen LogP contribution < -0.4 is 34.4 Å². The lowest BCUT2D eigenvalue weighted by molar-refractivity contribution is -0.375. The Labute approximate surface area is 453 Å². The molecule has 0 amide bonds. The molecule has 32 atom stereocenters. The van der Waals surface area contributed by atoms with Crippen molar-refractivity contribution in [2.75, 3.05) is 39.6 Å². The van der Waals surface area contributed by atoms with E-state index < -0.39 is 232 Å². The van der Waals surface area contributed by atoms with E-state index in [-0.39, 0.29) is 34.4 Å². The van der Waals surface area contributed by atoms with E-state index in [0.717, 1.165) is 0 Å². The van der Waals surface area contributed by atoms with Crippen LogP contribution in [-0.4, -0.2) is 324 Å². The van der Waals surface area contributed by atoms with Gasteiger partial charge >= 0.3 is 0 Å². The molecule has 34 nitrogen and oxygen atoms in total. The van der Waals surface area contributed by atoms with Gasteiger partial charge in [-0.05, 0) is 34.4 Å². The third-order valence-electron chi connectivity index (χ3n) is 15.4. The molecule has 6 heterocycles. The van der Waals surface area contributed by atoms with Crippen LogP contribution in [0.1, 0.15) is 26.7 Å². The van der Waals surface area contributed by atoms with E-state index in [1.54, 1.807) is 0 Å². The topological polar surface area (TPSA) is 613 Å². The fourth-order valence-electron chi connectivity index (χ4n) is 10.4. The van der Waals surface area contributed by atoms with E-state index in [1.807, 2.05) is 0 Å². The Morgan fingerprint density at radius 3 is 0.962 bits per heavy atom. The van der Waals surface area contributed by atoms with Crippen molar-refractivity contribution in [3.63, 3.8) is 0 Å². The highest BCUT2D eigenvalue weighted by molar-refractivity contribution is 8.77. The number of nitrogens with two attached hydrogens (primary N) is 6. The fourth-order valence-corrected chi connectivity index (χ4v) is 14.1. The summed E-state index contributed by atoms with van der Waals surface area (Å²) in [5.41, 5.74) is 31.4. The molecule has 0 bridgehead atoms. The van der Waals surface area contributed by atoms with Crippen LogP contribution in [0.25, 0.3) is 0 Å². The van der Waals surface area contributed by atoms with Gasteiger partial charge in [0.25, 0.3) is 0 Å². The minimum absolute atomic E-state index is 0.00342. The molecule has 6 aliphatic heterocycles. The minimum atomic E-state index is -3.14. The summed E-state index contributed by atoms with van der Waals surface area (Å²) in [5.74, 6) is 0. The molecule has 6 fully saturated rings. The molecular weight excluding hydrogens is 1100 g/mol. The number of rotatable bonds is 21. The van der Waals surface area contributed by atoms with Gasteiger partial charge in [-0.15, -0.1) is 0 Å². The summed E-state index contributed by atoms with van der Waals surface area (Å²) in [6.45, 7) is -3.59. The normalized spacial score (nSPS) is 52.2. The molecule has 6 saturated heterocycles. The molecule has 78 heavy (non-hydrogen) atoms.